The van der Waals surface area contributed by atoms with E-state index in [9.17, 15) is 9.59 Å². The maximum absolute atomic E-state index is 12.4. The number of oxazole rings is 1. The molecule has 0 aliphatic rings. The summed E-state index contributed by atoms with van der Waals surface area (Å²) >= 11 is 0. The summed E-state index contributed by atoms with van der Waals surface area (Å²) in [5.74, 6) is -0.191. The molecule has 1 heterocycles. The number of nitrogens with zero attached hydrogens (tertiary/aromatic N) is 2. The van der Waals surface area contributed by atoms with Crippen LogP contribution in [0.1, 0.15) is 19.4 Å². The zero-order chi connectivity index (χ0) is 23.1. The van der Waals surface area contributed by atoms with Crippen LogP contribution in [-0.4, -0.2) is 36.1 Å². The number of carbonyl (C=O) groups excluding carboxylic acids is 2. The number of benzene rings is 2. The Kier molecular flexibility index (Phi) is 6.75. The number of hydrogen-bond donors (Lipinski definition) is 2. The molecule has 164 valence electrons. The van der Waals surface area contributed by atoms with Crippen LogP contribution >= 0.6 is 0 Å². The van der Waals surface area contributed by atoms with Gasteiger partial charge in [-0.3, -0.25) is 9.59 Å². The van der Waals surface area contributed by atoms with Gasteiger partial charge < -0.3 is 24.5 Å². The van der Waals surface area contributed by atoms with Gasteiger partial charge in [-0.1, -0.05) is 6.07 Å². The number of nitrogens with one attached hydrogen (secondary N) is 2. The molecular weight excluding hydrogens is 412 g/mol. The molecule has 0 atom stereocenters. The van der Waals surface area contributed by atoms with Crippen LogP contribution in [0.4, 0.5) is 5.69 Å². The summed E-state index contributed by atoms with van der Waals surface area (Å²) in [6.45, 7) is 3.55. The van der Waals surface area contributed by atoms with Gasteiger partial charge in [0.05, 0.1) is 36.0 Å². The summed E-state index contributed by atoms with van der Waals surface area (Å²) in [5, 5.41) is 14.2. The first-order valence-corrected chi connectivity index (χ1v) is 9.64. The molecule has 0 saturated carbocycles. The first-order chi connectivity index (χ1) is 15.3. The van der Waals surface area contributed by atoms with E-state index in [1.807, 2.05) is 6.07 Å². The minimum Gasteiger partial charge on any atom is -0.496 e. The Morgan fingerprint density at radius 3 is 2.69 bits per heavy atom. The van der Waals surface area contributed by atoms with E-state index in [4.69, 9.17) is 19.2 Å². The molecule has 0 unspecified atom stereocenters. The van der Waals surface area contributed by atoms with Gasteiger partial charge in [0.25, 0.3) is 0 Å². The van der Waals surface area contributed by atoms with Crippen LogP contribution in [0, 0.1) is 11.3 Å². The molecule has 3 rings (SSSR count). The maximum atomic E-state index is 12.4. The fraction of sp³-hybridized carbons (Fsp3) is 0.217. The second-order valence-corrected chi connectivity index (χ2v) is 7.50. The van der Waals surface area contributed by atoms with Gasteiger partial charge >= 0.3 is 11.8 Å². The van der Waals surface area contributed by atoms with Gasteiger partial charge in [-0.2, -0.15) is 5.26 Å². The molecule has 3 aromatic rings. The molecule has 0 aliphatic heterocycles. The summed E-state index contributed by atoms with van der Waals surface area (Å²) in [6.07, 6.45) is 2.85. The first-order valence-electron chi connectivity index (χ1n) is 9.64. The predicted octanol–water partition coefficient (Wildman–Crippen LogP) is 3.13. The van der Waals surface area contributed by atoms with E-state index in [-0.39, 0.29) is 6.61 Å². The zero-order valence-electron chi connectivity index (χ0n) is 17.8. The summed E-state index contributed by atoms with van der Waals surface area (Å²) in [5.41, 5.74) is 0.664. The highest BCUT2D eigenvalue weighted by Crippen LogP contribution is 2.32. The molecule has 2 amide bonds. The third kappa shape index (κ3) is 5.64. The van der Waals surface area contributed by atoms with Crippen LogP contribution in [0.5, 0.6) is 11.5 Å². The SMILES string of the molecule is COc1cc(NC(=O)C(=O)NC(C)(C)COc2cccc(C#N)c2)ccc1-c1cnco1. The number of carbonyl (C=O) groups is 2. The second kappa shape index (κ2) is 9.66. The van der Waals surface area contributed by atoms with Gasteiger partial charge in [0.1, 0.15) is 18.1 Å². The van der Waals surface area contributed by atoms with Crippen molar-refractivity contribution >= 4 is 17.5 Å². The van der Waals surface area contributed by atoms with E-state index in [1.165, 1.54) is 13.5 Å². The highest BCUT2D eigenvalue weighted by Gasteiger charge is 2.26. The van der Waals surface area contributed by atoms with Gasteiger partial charge in [0.2, 0.25) is 0 Å². The van der Waals surface area contributed by atoms with Gasteiger partial charge in [0, 0.05) is 11.8 Å². The van der Waals surface area contributed by atoms with Gasteiger partial charge in [-0.05, 0) is 44.2 Å². The fourth-order valence-electron chi connectivity index (χ4n) is 2.83. The standard InChI is InChI=1S/C23H22N4O5/c1-23(2,13-31-17-6-4-5-15(9-17)11-24)27-22(29)21(28)26-16-7-8-18(19(10-16)30-3)20-12-25-14-32-20/h4-10,12,14H,13H2,1-3H3,(H,26,28)(H,27,29). The second-order valence-electron chi connectivity index (χ2n) is 7.50. The lowest BCUT2D eigenvalue weighted by atomic mass is 10.1. The lowest BCUT2D eigenvalue weighted by molar-refractivity contribution is -0.137. The Morgan fingerprint density at radius 2 is 2.00 bits per heavy atom. The van der Waals surface area contributed by atoms with Crippen molar-refractivity contribution in [2.45, 2.75) is 19.4 Å². The lowest BCUT2D eigenvalue weighted by Crippen LogP contribution is -2.51. The summed E-state index contributed by atoms with van der Waals surface area (Å²) in [7, 11) is 1.49. The molecule has 0 radical (unpaired) electrons. The molecular formula is C23H22N4O5. The Hall–Kier alpha value is -4.32. The molecule has 0 saturated heterocycles. The van der Waals surface area contributed by atoms with Crippen molar-refractivity contribution in [3.63, 3.8) is 0 Å². The van der Waals surface area contributed by atoms with Crippen molar-refractivity contribution in [1.29, 1.82) is 5.26 Å². The normalized spacial score (nSPS) is 10.7. The topological polar surface area (TPSA) is 126 Å². The van der Waals surface area contributed by atoms with E-state index >= 15 is 0 Å². The molecule has 0 spiro atoms. The average Bonchev–Trinajstić information content (AvgIpc) is 3.32. The third-order valence-corrected chi connectivity index (χ3v) is 4.38. The highest BCUT2D eigenvalue weighted by atomic mass is 16.5. The average molecular weight is 434 g/mol. The lowest BCUT2D eigenvalue weighted by Gasteiger charge is -2.26. The molecule has 1 aromatic heterocycles. The van der Waals surface area contributed by atoms with Gasteiger partial charge in [-0.15, -0.1) is 0 Å². The summed E-state index contributed by atoms with van der Waals surface area (Å²) < 4.78 is 16.3. The molecule has 9 heteroatoms. The summed E-state index contributed by atoms with van der Waals surface area (Å²) in [6, 6.07) is 13.6. The number of nitriles is 1. The Balaban J connectivity index is 1.60. The minimum atomic E-state index is -0.842. The number of anilines is 1. The van der Waals surface area contributed by atoms with E-state index in [0.717, 1.165) is 0 Å². The van der Waals surface area contributed by atoms with Crippen LogP contribution in [-0.2, 0) is 9.59 Å². The number of hydrogen-bond acceptors (Lipinski definition) is 7. The highest BCUT2D eigenvalue weighted by molar-refractivity contribution is 6.39. The quantitative estimate of drug-likeness (QED) is 0.547. The van der Waals surface area contributed by atoms with E-state index in [2.05, 4.69) is 15.6 Å². The van der Waals surface area contributed by atoms with Crippen LogP contribution < -0.4 is 20.1 Å². The zero-order valence-corrected chi connectivity index (χ0v) is 17.8. The molecule has 2 N–H and O–H groups in total. The van der Waals surface area contributed by atoms with Crippen LogP contribution in [0.15, 0.2) is 59.5 Å². The van der Waals surface area contributed by atoms with Crippen molar-refractivity contribution < 1.29 is 23.5 Å². The number of rotatable bonds is 7. The van der Waals surface area contributed by atoms with E-state index in [1.54, 1.807) is 62.5 Å². The number of aromatic nitrogens is 1. The molecule has 32 heavy (non-hydrogen) atoms. The monoisotopic (exact) mass is 434 g/mol. The fourth-order valence-corrected chi connectivity index (χ4v) is 2.83. The largest absolute Gasteiger partial charge is 0.496 e. The summed E-state index contributed by atoms with van der Waals surface area (Å²) in [4.78, 5) is 28.7. The van der Waals surface area contributed by atoms with Crippen LogP contribution in [0.3, 0.4) is 0 Å². The van der Waals surface area contributed by atoms with Crippen molar-refractivity contribution in [2.24, 2.45) is 0 Å². The minimum absolute atomic E-state index is 0.0978. The number of methoxy groups -OCH3 is 1. The van der Waals surface area contributed by atoms with Crippen molar-refractivity contribution in [2.75, 3.05) is 19.0 Å². The van der Waals surface area contributed by atoms with E-state index in [0.29, 0.717) is 34.1 Å². The Morgan fingerprint density at radius 1 is 1.19 bits per heavy atom. The van der Waals surface area contributed by atoms with Gasteiger partial charge in [0.15, 0.2) is 12.2 Å². The maximum Gasteiger partial charge on any atom is 0.313 e. The number of amides is 2. The van der Waals surface area contributed by atoms with Crippen LogP contribution in [0.25, 0.3) is 11.3 Å². The van der Waals surface area contributed by atoms with Gasteiger partial charge in [-0.25, -0.2) is 4.98 Å². The Labute approximate surface area is 185 Å². The molecule has 9 nitrogen and oxygen atoms in total. The van der Waals surface area contributed by atoms with Crippen LogP contribution in [0.2, 0.25) is 0 Å². The Bertz CT molecular complexity index is 1150. The molecule has 0 fully saturated rings. The van der Waals surface area contributed by atoms with Crippen molar-refractivity contribution in [3.8, 4) is 28.9 Å². The third-order valence-electron chi connectivity index (χ3n) is 4.38. The molecule has 0 aliphatic carbocycles. The molecule has 2 aromatic carbocycles. The van der Waals surface area contributed by atoms with Crippen molar-refractivity contribution in [3.05, 3.63) is 60.6 Å². The molecule has 0 bridgehead atoms. The number of ether oxygens (including phenoxy) is 2. The first kappa shape index (κ1) is 22.4. The smallest absolute Gasteiger partial charge is 0.313 e. The van der Waals surface area contributed by atoms with Crippen molar-refractivity contribution in [1.82, 2.24) is 10.3 Å². The predicted molar refractivity (Wildman–Crippen MR) is 116 cm³/mol. The van der Waals surface area contributed by atoms with E-state index < -0.39 is 17.4 Å².